The highest BCUT2D eigenvalue weighted by Crippen LogP contribution is 2.60. The van der Waals surface area contributed by atoms with Gasteiger partial charge >= 0.3 is 0 Å². The van der Waals surface area contributed by atoms with Crippen LogP contribution in [-0.4, -0.2) is 0 Å². The molecule has 6 aromatic rings. The first-order valence-corrected chi connectivity index (χ1v) is 20.6. The highest BCUT2D eigenvalue weighted by Gasteiger charge is 2.49. The molecule has 0 radical (unpaired) electrons. The van der Waals surface area contributed by atoms with Gasteiger partial charge < -0.3 is 9.80 Å². The summed E-state index contributed by atoms with van der Waals surface area (Å²) in [7, 11) is 0. The summed E-state index contributed by atoms with van der Waals surface area (Å²) in [6, 6.07) is 50.8. The van der Waals surface area contributed by atoms with Crippen molar-refractivity contribution in [2.45, 2.75) is 39.5 Å². The number of allylic oxidation sites excluding steroid dienone is 12. The van der Waals surface area contributed by atoms with E-state index in [2.05, 4.69) is 218 Å². The third-order valence-electron chi connectivity index (χ3n) is 12.8. The van der Waals surface area contributed by atoms with E-state index in [1.54, 1.807) is 11.1 Å². The SMILES string of the molecule is CC1(C)C2=CC(/C=C/c3ccc(N(C4=CCCC=C4)c4ccccc4)cc3)=CCC2C2=CC=C(N(c3cccc4ccccc34)c3cccc4ccccc34)CC21. The molecule has 2 atom stereocenters. The molecule has 0 saturated heterocycles. The molecule has 1 fully saturated rings. The summed E-state index contributed by atoms with van der Waals surface area (Å²) < 4.78 is 0. The fourth-order valence-corrected chi connectivity index (χ4v) is 9.85. The minimum atomic E-state index is 0.0251. The minimum absolute atomic E-state index is 0.0251. The molecule has 278 valence electrons. The van der Waals surface area contributed by atoms with Gasteiger partial charge in [0.25, 0.3) is 0 Å². The van der Waals surface area contributed by atoms with Gasteiger partial charge in [0.05, 0.1) is 11.4 Å². The summed E-state index contributed by atoms with van der Waals surface area (Å²) in [6.07, 6.45) is 25.5. The van der Waals surface area contributed by atoms with E-state index < -0.39 is 0 Å². The molecule has 57 heavy (non-hydrogen) atoms. The molecule has 0 heterocycles. The van der Waals surface area contributed by atoms with Gasteiger partial charge in [-0.15, -0.1) is 0 Å². The molecule has 6 aromatic carbocycles. The maximum Gasteiger partial charge on any atom is 0.0537 e. The average molecular weight is 737 g/mol. The molecule has 4 aliphatic carbocycles. The van der Waals surface area contributed by atoms with Gasteiger partial charge in [-0.1, -0.05) is 171 Å². The summed E-state index contributed by atoms with van der Waals surface area (Å²) in [5.41, 5.74) is 13.1. The molecule has 0 N–H and O–H groups in total. The van der Waals surface area contributed by atoms with Gasteiger partial charge in [-0.2, -0.15) is 0 Å². The Kier molecular flexibility index (Phi) is 8.98. The summed E-state index contributed by atoms with van der Waals surface area (Å²) >= 11 is 0. The van der Waals surface area contributed by atoms with Crippen molar-refractivity contribution in [3.63, 3.8) is 0 Å². The summed E-state index contributed by atoms with van der Waals surface area (Å²) in [4.78, 5) is 4.92. The van der Waals surface area contributed by atoms with Crippen molar-refractivity contribution >= 4 is 50.4 Å². The van der Waals surface area contributed by atoms with Crippen LogP contribution in [0.4, 0.5) is 22.7 Å². The van der Waals surface area contributed by atoms with Crippen LogP contribution in [0.15, 0.2) is 216 Å². The zero-order valence-electron chi connectivity index (χ0n) is 32.9. The van der Waals surface area contributed by atoms with E-state index in [1.807, 2.05) is 0 Å². The summed E-state index contributed by atoms with van der Waals surface area (Å²) in [6.45, 7) is 4.97. The van der Waals surface area contributed by atoms with E-state index in [9.17, 15) is 0 Å². The van der Waals surface area contributed by atoms with Crippen LogP contribution in [0.3, 0.4) is 0 Å². The Bertz CT molecular complexity index is 2630. The monoisotopic (exact) mass is 736 g/mol. The van der Waals surface area contributed by atoms with Crippen LogP contribution in [0.5, 0.6) is 0 Å². The van der Waals surface area contributed by atoms with Crippen molar-refractivity contribution in [3.05, 3.63) is 222 Å². The Morgan fingerprint density at radius 2 is 1.25 bits per heavy atom. The van der Waals surface area contributed by atoms with Crippen LogP contribution < -0.4 is 9.80 Å². The van der Waals surface area contributed by atoms with Gasteiger partial charge in [0, 0.05) is 39.5 Å². The van der Waals surface area contributed by atoms with Crippen LogP contribution >= 0.6 is 0 Å². The maximum atomic E-state index is 2.56. The van der Waals surface area contributed by atoms with Gasteiger partial charge in [-0.25, -0.2) is 0 Å². The number of nitrogens with zero attached hydrogens (tertiary/aromatic N) is 2. The van der Waals surface area contributed by atoms with Crippen LogP contribution in [0.25, 0.3) is 27.6 Å². The van der Waals surface area contributed by atoms with Crippen molar-refractivity contribution in [2.75, 3.05) is 9.80 Å². The molecule has 0 spiro atoms. The lowest BCUT2D eigenvalue weighted by Gasteiger charge is -2.37. The van der Waals surface area contributed by atoms with E-state index in [1.165, 1.54) is 66.8 Å². The normalized spacial score (nSPS) is 19.6. The number of benzene rings is 6. The Morgan fingerprint density at radius 3 is 1.93 bits per heavy atom. The Hall–Kier alpha value is -6.38. The average Bonchev–Trinajstić information content (AvgIpc) is 3.49. The van der Waals surface area contributed by atoms with E-state index in [-0.39, 0.29) is 5.41 Å². The number of rotatable bonds is 8. The largest absolute Gasteiger partial charge is 0.313 e. The molecule has 10 rings (SSSR count). The van der Waals surface area contributed by atoms with Gasteiger partial charge in [-0.05, 0) is 107 Å². The molecule has 4 aliphatic rings. The molecule has 0 amide bonds. The molecular formula is C55H48N2. The van der Waals surface area contributed by atoms with E-state index >= 15 is 0 Å². The molecule has 2 nitrogen and oxygen atoms in total. The smallest absolute Gasteiger partial charge is 0.0537 e. The number of hydrogen-bond acceptors (Lipinski definition) is 2. The molecule has 2 heteroatoms. The van der Waals surface area contributed by atoms with Crippen LogP contribution in [0, 0.1) is 17.3 Å². The zero-order chi connectivity index (χ0) is 38.3. The second-order valence-electron chi connectivity index (χ2n) is 16.4. The van der Waals surface area contributed by atoms with Crippen molar-refractivity contribution in [2.24, 2.45) is 17.3 Å². The molecule has 1 saturated carbocycles. The third-order valence-corrected chi connectivity index (χ3v) is 12.8. The third kappa shape index (κ3) is 6.40. The van der Waals surface area contributed by atoms with Gasteiger partial charge in [-0.3, -0.25) is 0 Å². The highest BCUT2D eigenvalue weighted by molar-refractivity contribution is 6.03. The van der Waals surface area contributed by atoms with E-state index in [0.717, 1.165) is 25.7 Å². The van der Waals surface area contributed by atoms with Crippen LogP contribution in [0.1, 0.15) is 45.1 Å². The van der Waals surface area contributed by atoms with E-state index in [4.69, 9.17) is 0 Å². The first kappa shape index (κ1) is 35.1. The predicted octanol–water partition coefficient (Wildman–Crippen LogP) is 15.0. The van der Waals surface area contributed by atoms with E-state index in [0.29, 0.717) is 11.8 Å². The van der Waals surface area contributed by atoms with Crippen LogP contribution in [-0.2, 0) is 0 Å². The molecule has 0 aliphatic heterocycles. The highest BCUT2D eigenvalue weighted by atomic mass is 15.2. The zero-order valence-corrected chi connectivity index (χ0v) is 32.9. The van der Waals surface area contributed by atoms with Gasteiger partial charge in [0.15, 0.2) is 0 Å². The second kappa shape index (κ2) is 14.6. The lowest BCUT2D eigenvalue weighted by atomic mass is 9.73. The second-order valence-corrected chi connectivity index (χ2v) is 16.4. The fraction of sp³-hybridized carbons (Fsp3) is 0.164. The quantitative estimate of drug-likeness (QED) is 0.154. The fourth-order valence-electron chi connectivity index (χ4n) is 9.85. The van der Waals surface area contributed by atoms with Crippen molar-refractivity contribution in [1.82, 2.24) is 0 Å². The summed E-state index contributed by atoms with van der Waals surface area (Å²) in [5.74, 6) is 0.877. The first-order chi connectivity index (χ1) is 28.0. The Morgan fingerprint density at radius 1 is 0.596 bits per heavy atom. The number of hydrogen-bond donors (Lipinski definition) is 0. The lowest BCUT2D eigenvalue weighted by Crippen LogP contribution is -2.27. The molecule has 2 unspecified atom stereocenters. The van der Waals surface area contributed by atoms with Crippen molar-refractivity contribution in [1.29, 1.82) is 0 Å². The number of fused-ring (bicyclic) bond motifs is 5. The first-order valence-electron chi connectivity index (χ1n) is 20.6. The topological polar surface area (TPSA) is 6.48 Å². The molecular weight excluding hydrogens is 689 g/mol. The van der Waals surface area contributed by atoms with Gasteiger partial charge in [0.2, 0.25) is 0 Å². The molecule has 0 aromatic heterocycles. The summed E-state index contributed by atoms with van der Waals surface area (Å²) in [5, 5.41) is 5.06. The van der Waals surface area contributed by atoms with Crippen LogP contribution in [0.2, 0.25) is 0 Å². The van der Waals surface area contributed by atoms with Gasteiger partial charge in [0.1, 0.15) is 0 Å². The Labute approximate surface area is 337 Å². The van der Waals surface area contributed by atoms with Crippen molar-refractivity contribution < 1.29 is 0 Å². The molecule has 0 bridgehead atoms. The standard InChI is InChI=1S/C55H48N2/c1-55(2)51-37-40(28-27-39-29-32-45(33-30-39)56(43-19-5-3-6-20-43)44-21-7-4-8-22-44)31-35-49(51)50-36-34-46(38-52(50)55)57(53-25-13-17-41-15-9-11-23-47(41)53)54-26-14-18-42-16-10-12-24-48(42)54/h3,5-7,9-34,36-37,49,52H,4,8,35,38H2,1-2H3/b28-27+. The predicted molar refractivity (Wildman–Crippen MR) is 243 cm³/mol. The lowest BCUT2D eigenvalue weighted by molar-refractivity contribution is 0.335. The van der Waals surface area contributed by atoms with Crippen molar-refractivity contribution in [3.8, 4) is 0 Å². The minimum Gasteiger partial charge on any atom is -0.313 e. The maximum absolute atomic E-state index is 2.56. The number of anilines is 4. The Balaban J connectivity index is 0.933. The number of para-hydroxylation sites is 1.